The summed E-state index contributed by atoms with van der Waals surface area (Å²) in [6.07, 6.45) is 0.808. The van der Waals surface area contributed by atoms with Gasteiger partial charge < -0.3 is 10.1 Å². The predicted octanol–water partition coefficient (Wildman–Crippen LogP) is 4.30. The van der Waals surface area contributed by atoms with Gasteiger partial charge in [0.25, 0.3) is 0 Å². The van der Waals surface area contributed by atoms with Gasteiger partial charge in [-0.3, -0.25) is 14.5 Å². The summed E-state index contributed by atoms with van der Waals surface area (Å²) in [5.41, 5.74) is 3.72. The van der Waals surface area contributed by atoms with E-state index in [1.54, 1.807) is 12.0 Å². The fraction of sp³-hybridized carbons (Fsp3) is 0.348. The third-order valence-corrected chi connectivity index (χ3v) is 5.96. The van der Waals surface area contributed by atoms with E-state index in [1.165, 1.54) is 11.8 Å². The van der Waals surface area contributed by atoms with Gasteiger partial charge in [-0.2, -0.15) is 0 Å². The molecule has 0 saturated carbocycles. The minimum absolute atomic E-state index is 0.0810. The van der Waals surface area contributed by atoms with Crippen molar-refractivity contribution >= 4 is 40.1 Å². The Balaban J connectivity index is 1.73. The highest BCUT2D eigenvalue weighted by Gasteiger charge is 2.38. The zero-order valence-electron chi connectivity index (χ0n) is 17.6. The summed E-state index contributed by atoms with van der Waals surface area (Å²) in [6.45, 7) is 5.06. The van der Waals surface area contributed by atoms with Crippen molar-refractivity contribution in [2.24, 2.45) is 4.99 Å². The molecule has 7 heteroatoms. The molecule has 0 aliphatic carbocycles. The molecule has 158 valence electrons. The number of carbonyl (C=O) groups is 2. The number of anilines is 1. The number of hydrogen-bond donors (Lipinski definition) is 1. The van der Waals surface area contributed by atoms with Crippen LogP contribution in [0, 0.1) is 13.8 Å². The second-order valence-electron chi connectivity index (χ2n) is 7.24. The SMILES string of the molecule is COCCCN1C(=O)[C@@H](CC(=O)Nc2ccc(C)cc2)SC1=Nc1ccccc1C. The zero-order valence-corrected chi connectivity index (χ0v) is 18.4. The molecule has 0 spiro atoms. The molecule has 1 fully saturated rings. The third kappa shape index (κ3) is 5.70. The van der Waals surface area contributed by atoms with Crippen molar-refractivity contribution in [1.82, 2.24) is 4.90 Å². The number of thioether (sulfide) groups is 1. The van der Waals surface area contributed by atoms with Crippen LogP contribution in [0.3, 0.4) is 0 Å². The van der Waals surface area contributed by atoms with E-state index in [1.807, 2.05) is 62.4 Å². The number of aliphatic imine (C=N–C) groups is 1. The summed E-state index contributed by atoms with van der Waals surface area (Å²) in [6, 6.07) is 15.4. The summed E-state index contributed by atoms with van der Waals surface area (Å²) in [5, 5.41) is 3.03. The third-order valence-electron chi connectivity index (χ3n) is 4.79. The highest BCUT2D eigenvalue weighted by molar-refractivity contribution is 8.15. The second-order valence-corrected chi connectivity index (χ2v) is 8.41. The molecular weight excluding hydrogens is 398 g/mol. The van der Waals surface area contributed by atoms with Crippen LogP contribution >= 0.6 is 11.8 Å². The fourth-order valence-corrected chi connectivity index (χ4v) is 4.28. The van der Waals surface area contributed by atoms with Gasteiger partial charge in [-0.25, -0.2) is 4.99 Å². The molecule has 0 unspecified atom stereocenters. The van der Waals surface area contributed by atoms with E-state index in [2.05, 4.69) is 5.32 Å². The van der Waals surface area contributed by atoms with Crippen molar-refractivity contribution in [2.45, 2.75) is 31.9 Å². The highest BCUT2D eigenvalue weighted by Crippen LogP contribution is 2.32. The molecule has 2 aromatic carbocycles. The van der Waals surface area contributed by atoms with E-state index in [-0.39, 0.29) is 18.2 Å². The van der Waals surface area contributed by atoms with Gasteiger partial charge in [-0.1, -0.05) is 47.7 Å². The van der Waals surface area contributed by atoms with Gasteiger partial charge in [0.15, 0.2) is 5.17 Å². The summed E-state index contributed by atoms with van der Waals surface area (Å²) in [4.78, 5) is 32.0. The Morgan fingerprint density at radius 2 is 1.90 bits per heavy atom. The molecule has 1 atom stereocenters. The Hall–Kier alpha value is -2.64. The van der Waals surface area contributed by atoms with Crippen molar-refractivity contribution in [1.29, 1.82) is 0 Å². The molecule has 6 nitrogen and oxygen atoms in total. The number of amidine groups is 1. The number of aryl methyl sites for hydroxylation is 2. The first-order valence-electron chi connectivity index (χ1n) is 9.95. The Bertz CT molecular complexity index is 928. The van der Waals surface area contributed by atoms with E-state index in [0.717, 1.165) is 22.5 Å². The number of hydrogen-bond acceptors (Lipinski definition) is 5. The van der Waals surface area contributed by atoms with E-state index in [9.17, 15) is 9.59 Å². The van der Waals surface area contributed by atoms with Crippen molar-refractivity contribution in [3.63, 3.8) is 0 Å². The van der Waals surface area contributed by atoms with Crippen LogP contribution in [-0.4, -0.2) is 47.4 Å². The summed E-state index contributed by atoms with van der Waals surface area (Å²) >= 11 is 1.35. The average Bonchev–Trinajstić information content (AvgIpc) is 3.00. The van der Waals surface area contributed by atoms with Gasteiger partial charge in [0, 0.05) is 32.4 Å². The Kier molecular flexibility index (Phi) is 7.65. The predicted molar refractivity (Wildman–Crippen MR) is 122 cm³/mol. The van der Waals surface area contributed by atoms with Gasteiger partial charge in [0.1, 0.15) is 5.25 Å². The lowest BCUT2D eigenvalue weighted by atomic mass is 10.2. The van der Waals surface area contributed by atoms with Crippen molar-refractivity contribution in [3.05, 3.63) is 59.7 Å². The molecule has 1 aliphatic rings. The largest absolute Gasteiger partial charge is 0.385 e. The first kappa shape index (κ1) is 22.1. The van der Waals surface area contributed by atoms with Crippen molar-refractivity contribution < 1.29 is 14.3 Å². The van der Waals surface area contributed by atoms with Crippen LogP contribution in [-0.2, 0) is 14.3 Å². The Morgan fingerprint density at radius 1 is 1.17 bits per heavy atom. The molecule has 2 aromatic rings. The van der Waals surface area contributed by atoms with Crippen LogP contribution in [0.5, 0.6) is 0 Å². The molecule has 1 heterocycles. The van der Waals surface area contributed by atoms with Gasteiger partial charge in [-0.15, -0.1) is 0 Å². The van der Waals surface area contributed by atoms with Crippen molar-refractivity contribution in [2.75, 3.05) is 25.6 Å². The van der Waals surface area contributed by atoms with E-state index >= 15 is 0 Å². The monoisotopic (exact) mass is 425 g/mol. The number of methoxy groups -OCH3 is 1. The molecule has 3 rings (SSSR count). The summed E-state index contributed by atoms with van der Waals surface area (Å²) < 4.78 is 5.13. The number of ether oxygens (including phenoxy) is 1. The van der Waals surface area contributed by atoms with Crippen LogP contribution in [0.15, 0.2) is 53.5 Å². The van der Waals surface area contributed by atoms with Gasteiger partial charge in [0.05, 0.1) is 5.69 Å². The molecular formula is C23H27N3O3S. The van der Waals surface area contributed by atoms with Gasteiger partial charge in [0.2, 0.25) is 11.8 Å². The maximum atomic E-state index is 13.0. The van der Waals surface area contributed by atoms with Crippen LogP contribution in [0.25, 0.3) is 0 Å². The second kappa shape index (κ2) is 10.4. The molecule has 0 radical (unpaired) electrons. The quantitative estimate of drug-likeness (QED) is 0.640. The first-order chi connectivity index (χ1) is 14.5. The Morgan fingerprint density at radius 3 is 2.60 bits per heavy atom. The van der Waals surface area contributed by atoms with E-state index < -0.39 is 5.25 Å². The number of rotatable bonds is 8. The molecule has 30 heavy (non-hydrogen) atoms. The maximum absolute atomic E-state index is 13.0. The normalized spacial score (nSPS) is 17.6. The lowest BCUT2D eigenvalue weighted by Gasteiger charge is -2.16. The van der Waals surface area contributed by atoms with Crippen LogP contribution in [0.1, 0.15) is 24.0 Å². The lowest BCUT2D eigenvalue weighted by Crippen LogP contribution is -2.34. The standard InChI is InChI=1S/C23H27N3O3S/c1-16-9-11-18(12-10-16)24-21(27)15-20-22(28)26(13-6-14-29-3)23(30-20)25-19-8-5-4-7-17(19)2/h4-5,7-12,20H,6,13-15H2,1-3H3,(H,24,27)/t20-/m1/s1. The van der Waals surface area contributed by atoms with Gasteiger partial charge in [-0.05, 0) is 44.0 Å². The molecule has 0 bridgehead atoms. The van der Waals surface area contributed by atoms with E-state index in [4.69, 9.17) is 9.73 Å². The van der Waals surface area contributed by atoms with Crippen LogP contribution in [0.2, 0.25) is 0 Å². The number of nitrogens with one attached hydrogen (secondary N) is 1. The minimum atomic E-state index is -0.485. The first-order valence-corrected chi connectivity index (χ1v) is 10.8. The highest BCUT2D eigenvalue weighted by atomic mass is 32.2. The molecule has 2 amide bonds. The van der Waals surface area contributed by atoms with Gasteiger partial charge >= 0.3 is 0 Å². The topological polar surface area (TPSA) is 71.0 Å². The van der Waals surface area contributed by atoms with Crippen LogP contribution in [0.4, 0.5) is 11.4 Å². The lowest BCUT2D eigenvalue weighted by molar-refractivity contribution is -0.128. The van der Waals surface area contributed by atoms with Crippen LogP contribution < -0.4 is 5.32 Å². The van der Waals surface area contributed by atoms with E-state index in [0.29, 0.717) is 24.7 Å². The zero-order chi connectivity index (χ0) is 21.5. The fourth-order valence-electron chi connectivity index (χ4n) is 3.11. The number of carbonyl (C=O) groups excluding carboxylic acids is 2. The summed E-state index contributed by atoms with van der Waals surface area (Å²) in [7, 11) is 1.64. The number of benzene rings is 2. The number of nitrogens with zero attached hydrogens (tertiary/aromatic N) is 2. The molecule has 1 saturated heterocycles. The maximum Gasteiger partial charge on any atom is 0.242 e. The summed E-state index contributed by atoms with van der Waals surface area (Å²) in [5.74, 6) is -0.263. The smallest absolute Gasteiger partial charge is 0.242 e. The number of amides is 2. The Labute approximate surface area is 181 Å². The minimum Gasteiger partial charge on any atom is -0.385 e. The average molecular weight is 426 g/mol. The van der Waals surface area contributed by atoms with Crippen molar-refractivity contribution in [3.8, 4) is 0 Å². The molecule has 1 aliphatic heterocycles. The number of para-hydroxylation sites is 1. The molecule has 0 aromatic heterocycles. The molecule has 1 N–H and O–H groups in total.